The van der Waals surface area contributed by atoms with Gasteiger partial charge in [0.2, 0.25) is 10.0 Å². The van der Waals surface area contributed by atoms with E-state index >= 15 is 0 Å². The van der Waals surface area contributed by atoms with Crippen LogP contribution < -0.4 is 4.72 Å². The molecule has 0 unspecified atom stereocenters. The van der Waals surface area contributed by atoms with E-state index in [1.54, 1.807) is 24.3 Å². The zero-order chi connectivity index (χ0) is 17.7. The molecule has 0 spiro atoms. The Labute approximate surface area is 155 Å². The van der Waals surface area contributed by atoms with Crippen LogP contribution in [0.25, 0.3) is 0 Å². The van der Waals surface area contributed by atoms with Gasteiger partial charge in [0, 0.05) is 17.8 Å². The van der Waals surface area contributed by atoms with Gasteiger partial charge in [-0.2, -0.15) is 0 Å². The molecular weight excluding hydrogens is 360 g/mol. The molecule has 0 saturated heterocycles. The third-order valence-corrected chi connectivity index (χ3v) is 4.39. The highest BCUT2D eigenvalue weighted by atomic mass is 35.5. The van der Waals surface area contributed by atoms with Crippen molar-refractivity contribution in [1.82, 2.24) is 4.90 Å². The summed E-state index contributed by atoms with van der Waals surface area (Å²) in [6, 6.07) is 16.2. The molecule has 2 rings (SSSR count). The number of likely N-dealkylation sites (N-methyl/N-ethyl adjacent to an activating group) is 1. The fourth-order valence-electron chi connectivity index (χ4n) is 2.37. The van der Waals surface area contributed by atoms with E-state index in [9.17, 15) is 13.2 Å². The molecule has 1 atom stereocenters. The van der Waals surface area contributed by atoms with E-state index in [2.05, 4.69) is 4.72 Å². The number of benzene rings is 2. The highest BCUT2D eigenvalue weighted by Crippen LogP contribution is 2.15. The summed E-state index contributed by atoms with van der Waals surface area (Å²) < 4.78 is 24.8. The van der Waals surface area contributed by atoms with Crippen LogP contribution >= 0.6 is 12.4 Å². The number of sulfonamides is 1. The molecule has 2 aromatic carbocycles. The van der Waals surface area contributed by atoms with Crippen molar-refractivity contribution >= 4 is 33.9 Å². The molecule has 0 amide bonds. The number of hydrogen-bond donors (Lipinski definition) is 1. The Morgan fingerprint density at radius 2 is 1.64 bits per heavy atom. The monoisotopic (exact) mass is 382 g/mol. The fraction of sp³-hybridized carbons (Fsp3) is 0.278. The van der Waals surface area contributed by atoms with E-state index in [4.69, 9.17) is 0 Å². The van der Waals surface area contributed by atoms with Crippen LogP contribution in [0.15, 0.2) is 54.6 Å². The van der Waals surface area contributed by atoms with Gasteiger partial charge in [0.15, 0.2) is 5.78 Å². The first-order valence-corrected chi connectivity index (χ1v) is 9.51. The fourth-order valence-corrected chi connectivity index (χ4v) is 2.93. The molecule has 0 aliphatic carbocycles. The summed E-state index contributed by atoms with van der Waals surface area (Å²) in [6.45, 7) is 2.55. The normalized spacial score (nSPS) is 12.3. The van der Waals surface area contributed by atoms with E-state index < -0.39 is 10.0 Å². The van der Waals surface area contributed by atoms with Gasteiger partial charge in [-0.05, 0) is 43.8 Å². The van der Waals surface area contributed by atoms with Crippen LogP contribution in [0.5, 0.6) is 0 Å². The third-order valence-electron chi connectivity index (χ3n) is 3.79. The van der Waals surface area contributed by atoms with Crippen molar-refractivity contribution < 1.29 is 13.2 Å². The van der Waals surface area contributed by atoms with Crippen LogP contribution in [0.2, 0.25) is 0 Å². The lowest BCUT2D eigenvalue weighted by Gasteiger charge is -2.23. The topological polar surface area (TPSA) is 66.5 Å². The van der Waals surface area contributed by atoms with Crippen LogP contribution in [-0.4, -0.2) is 38.4 Å². The van der Waals surface area contributed by atoms with Crippen molar-refractivity contribution in [2.75, 3.05) is 18.0 Å². The summed E-state index contributed by atoms with van der Waals surface area (Å²) in [6.07, 6.45) is 1.09. The Morgan fingerprint density at radius 3 is 2.16 bits per heavy atom. The van der Waals surface area contributed by atoms with Gasteiger partial charge in [-0.3, -0.25) is 14.4 Å². The standard InChI is InChI=1S/C18H22N2O3S.ClH/c1-14(20(2)13-15-7-5-4-6-8-15)18(21)16-9-11-17(12-10-16)19-24(3,22)23;/h4-12,14,19H,13H2,1-3H3;1H/t14-;/m0./s1. The van der Waals surface area contributed by atoms with Gasteiger partial charge in [-0.15, -0.1) is 12.4 Å². The number of hydrogen-bond acceptors (Lipinski definition) is 4. The number of Topliss-reactive ketones (excluding diaryl/α,β-unsaturated/α-hetero) is 1. The third kappa shape index (κ3) is 6.49. The molecule has 2 aromatic rings. The number of nitrogens with one attached hydrogen (secondary N) is 1. The minimum Gasteiger partial charge on any atom is -0.292 e. The number of halogens is 1. The molecule has 0 saturated carbocycles. The Morgan fingerprint density at radius 1 is 1.08 bits per heavy atom. The van der Waals surface area contributed by atoms with E-state index in [0.717, 1.165) is 11.8 Å². The van der Waals surface area contributed by atoms with E-state index in [1.807, 2.05) is 49.2 Å². The molecular formula is C18H23ClN2O3S. The average Bonchev–Trinajstić information content (AvgIpc) is 2.53. The Bertz CT molecular complexity index is 793. The summed E-state index contributed by atoms with van der Waals surface area (Å²) in [4.78, 5) is 14.6. The molecule has 136 valence electrons. The van der Waals surface area contributed by atoms with Gasteiger partial charge in [-0.1, -0.05) is 30.3 Å². The predicted octanol–water partition coefficient (Wildman–Crippen LogP) is 3.18. The van der Waals surface area contributed by atoms with Crippen molar-refractivity contribution in [3.8, 4) is 0 Å². The second kappa shape index (κ2) is 8.99. The Kier molecular flexibility index (Phi) is 7.60. The maximum atomic E-state index is 12.6. The SMILES string of the molecule is C[C@@H](C(=O)c1ccc(NS(C)(=O)=O)cc1)N(C)Cc1ccccc1.Cl. The van der Waals surface area contributed by atoms with Crippen molar-refractivity contribution in [2.24, 2.45) is 0 Å². The summed E-state index contributed by atoms with van der Waals surface area (Å²) >= 11 is 0. The Hall–Kier alpha value is -1.89. The maximum absolute atomic E-state index is 12.6. The Balaban J connectivity index is 0.00000312. The molecule has 0 heterocycles. The molecule has 5 nitrogen and oxygen atoms in total. The zero-order valence-electron chi connectivity index (χ0n) is 14.5. The van der Waals surface area contributed by atoms with Crippen LogP contribution in [0.4, 0.5) is 5.69 Å². The smallest absolute Gasteiger partial charge is 0.229 e. The molecule has 0 radical (unpaired) electrons. The van der Waals surface area contributed by atoms with Crippen molar-refractivity contribution in [1.29, 1.82) is 0 Å². The van der Waals surface area contributed by atoms with Gasteiger partial charge in [0.1, 0.15) is 0 Å². The lowest BCUT2D eigenvalue weighted by atomic mass is 10.0. The quantitative estimate of drug-likeness (QED) is 0.747. The first kappa shape index (κ1) is 21.2. The highest BCUT2D eigenvalue weighted by Gasteiger charge is 2.19. The van der Waals surface area contributed by atoms with Gasteiger partial charge in [0.25, 0.3) is 0 Å². The zero-order valence-corrected chi connectivity index (χ0v) is 16.1. The molecule has 0 aromatic heterocycles. The van der Waals surface area contributed by atoms with Crippen LogP contribution in [0.1, 0.15) is 22.8 Å². The summed E-state index contributed by atoms with van der Waals surface area (Å²) in [5, 5.41) is 0. The van der Waals surface area contributed by atoms with Gasteiger partial charge < -0.3 is 0 Å². The van der Waals surface area contributed by atoms with Gasteiger partial charge >= 0.3 is 0 Å². The predicted molar refractivity (Wildman–Crippen MR) is 104 cm³/mol. The summed E-state index contributed by atoms with van der Waals surface area (Å²) in [5.41, 5.74) is 2.15. The van der Waals surface area contributed by atoms with Gasteiger partial charge in [-0.25, -0.2) is 8.42 Å². The molecule has 25 heavy (non-hydrogen) atoms. The number of anilines is 1. The average molecular weight is 383 g/mol. The summed E-state index contributed by atoms with van der Waals surface area (Å²) in [5.74, 6) is -0.000614. The lowest BCUT2D eigenvalue weighted by molar-refractivity contribution is 0.0862. The largest absolute Gasteiger partial charge is 0.292 e. The van der Waals surface area contributed by atoms with Crippen molar-refractivity contribution in [2.45, 2.75) is 19.5 Å². The second-order valence-electron chi connectivity index (χ2n) is 5.89. The number of carbonyl (C=O) groups is 1. The van der Waals surface area contributed by atoms with E-state index in [-0.39, 0.29) is 24.2 Å². The van der Waals surface area contributed by atoms with E-state index in [1.165, 1.54) is 0 Å². The molecule has 0 aliphatic rings. The molecule has 0 aliphatic heterocycles. The lowest BCUT2D eigenvalue weighted by Crippen LogP contribution is -2.35. The first-order valence-electron chi connectivity index (χ1n) is 7.62. The minimum atomic E-state index is -3.32. The van der Waals surface area contributed by atoms with Crippen molar-refractivity contribution in [3.63, 3.8) is 0 Å². The molecule has 1 N–H and O–H groups in total. The van der Waals surface area contributed by atoms with Crippen LogP contribution in [0, 0.1) is 0 Å². The molecule has 7 heteroatoms. The van der Waals surface area contributed by atoms with Crippen LogP contribution in [0.3, 0.4) is 0 Å². The second-order valence-corrected chi connectivity index (χ2v) is 7.64. The van der Waals surface area contributed by atoms with E-state index in [0.29, 0.717) is 17.8 Å². The number of nitrogens with zero attached hydrogens (tertiary/aromatic N) is 1. The van der Waals surface area contributed by atoms with Crippen molar-refractivity contribution in [3.05, 3.63) is 65.7 Å². The maximum Gasteiger partial charge on any atom is 0.229 e. The highest BCUT2D eigenvalue weighted by molar-refractivity contribution is 7.92. The molecule has 0 bridgehead atoms. The first-order chi connectivity index (χ1) is 11.3. The number of ketones is 1. The number of carbonyl (C=O) groups excluding carboxylic acids is 1. The van der Waals surface area contributed by atoms with Crippen LogP contribution in [-0.2, 0) is 16.6 Å². The molecule has 0 fully saturated rings. The minimum absolute atomic E-state index is 0. The summed E-state index contributed by atoms with van der Waals surface area (Å²) in [7, 11) is -1.41. The number of rotatable bonds is 7. The van der Waals surface area contributed by atoms with Gasteiger partial charge in [0.05, 0.1) is 12.3 Å².